The summed E-state index contributed by atoms with van der Waals surface area (Å²) in [5.41, 5.74) is 2.27. The van der Waals surface area contributed by atoms with E-state index in [2.05, 4.69) is 15.6 Å². The van der Waals surface area contributed by atoms with Gasteiger partial charge in [-0.25, -0.2) is 4.98 Å². The zero-order chi connectivity index (χ0) is 22.7. The molecule has 4 rings (SSSR count). The average Bonchev–Trinajstić information content (AvgIpc) is 3.23. The number of amides is 1. The molecule has 8 nitrogen and oxygen atoms in total. The lowest BCUT2D eigenvalue weighted by atomic mass is 10.2. The van der Waals surface area contributed by atoms with Crippen LogP contribution in [0.3, 0.4) is 0 Å². The lowest BCUT2D eigenvalue weighted by Gasteiger charge is -2.14. The number of thiocarbonyl (C=S) groups is 1. The number of fused-ring (bicyclic) bond motifs is 1. The number of carbonyl (C=O) groups excluding carboxylic acids is 1. The Morgan fingerprint density at radius 3 is 2.69 bits per heavy atom. The number of carbonyl (C=O) groups is 1. The van der Waals surface area contributed by atoms with E-state index in [1.54, 1.807) is 17.4 Å². The molecule has 4 aromatic rings. The highest BCUT2D eigenvalue weighted by Gasteiger charge is 2.15. The molecule has 0 fully saturated rings. The minimum Gasteiger partial charge on any atom is -0.495 e. The van der Waals surface area contributed by atoms with Gasteiger partial charge in [-0.05, 0) is 48.6 Å². The number of non-ortho nitro benzene ring substituents is 1. The molecular weight excluding hydrogens is 448 g/mol. The highest BCUT2D eigenvalue weighted by atomic mass is 32.1. The van der Waals surface area contributed by atoms with Gasteiger partial charge in [0.2, 0.25) is 0 Å². The van der Waals surface area contributed by atoms with Crippen LogP contribution in [-0.4, -0.2) is 28.0 Å². The van der Waals surface area contributed by atoms with Gasteiger partial charge in [0.1, 0.15) is 10.8 Å². The van der Waals surface area contributed by atoms with Crippen LogP contribution in [0, 0.1) is 10.1 Å². The lowest BCUT2D eigenvalue weighted by Crippen LogP contribution is -2.34. The Balaban J connectivity index is 1.54. The summed E-state index contributed by atoms with van der Waals surface area (Å²) in [6, 6.07) is 18.8. The van der Waals surface area contributed by atoms with Crippen molar-refractivity contribution in [2.45, 2.75) is 0 Å². The molecule has 1 heterocycles. The predicted octanol–water partition coefficient (Wildman–Crippen LogP) is 5.01. The molecule has 0 aliphatic heterocycles. The maximum absolute atomic E-state index is 12.5. The molecule has 10 heteroatoms. The zero-order valence-electron chi connectivity index (χ0n) is 16.7. The minimum absolute atomic E-state index is 0.0289. The van der Waals surface area contributed by atoms with Crippen LogP contribution in [-0.2, 0) is 0 Å². The molecule has 0 spiro atoms. The Labute approximate surface area is 192 Å². The standard InChI is InChI=1S/C22H16N4O4S2/c1-30-18-10-9-14(21-23-16-7-2-3-8-19(16)32-21)12-17(18)24-22(31)25-20(27)13-5-4-6-15(11-13)26(28)29/h2-12H,1H3,(H2,24,25,27,31). The van der Waals surface area contributed by atoms with Gasteiger partial charge in [-0.2, -0.15) is 0 Å². The van der Waals surface area contributed by atoms with Crippen molar-refractivity contribution in [2.24, 2.45) is 0 Å². The summed E-state index contributed by atoms with van der Waals surface area (Å²) in [6.07, 6.45) is 0. The third kappa shape index (κ3) is 4.56. The van der Waals surface area contributed by atoms with E-state index in [0.717, 1.165) is 20.8 Å². The van der Waals surface area contributed by atoms with Crippen LogP contribution in [0.1, 0.15) is 10.4 Å². The van der Waals surface area contributed by atoms with Gasteiger partial charge in [0, 0.05) is 23.3 Å². The first-order chi connectivity index (χ1) is 15.4. The maximum atomic E-state index is 12.5. The van der Waals surface area contributed by atoms with Crippen molar-refractivity contribution in [1.29, 1.82) is 0 Å². The number of ether oxygens (including phenoxy) is 1. The number of hydrogen-bond donors (Lipinski definition) is 2. The van der Waals surface area contributed by atoms with Gasteiger partial charge in [-0.1, -0.05) is 18.2 Å². The monoisotopic (exact) mass is 464 g/mol. The molecule has 0 radical (unpaired) electrons. The first-order valence-electron chi connectivity index (χ1n) is 9.35. The Morgan fingerprint density at radius 1 is 1.12 bits per heavy atom. The number of hydrogen-bond acceptors (Lipinski definition) is 7. The molecule has 1 aromatic heterocycles. The number of para-hydroxylation sites is 1. The Hall–Kier alpha value is -3.89. The number of rotatable bonds is 5. The zero-order valence-corrected chi connectivity index (χ0v) is 18.3. The second kappa shape index (κ2) is 9.08. The number of methoxy groups -OCH3 is 1. The van der Waals surface area contributed by atoms with E-state index in [0.29, 0.717) is 11.4 Å². The van der Waals surface area contributed by atoms with Gasteiger partial charge in [-0.3, -0.25) is 20.2 Å². The fourth-order valence-corrected chi connectivity index (χ4v) is 4.19. The number of nitro benzene ring substituents is 1. The quantitative estimate of drug-likeness (QED) is 0.243. The van der Waals surface area contributed by atoms with Crippen LogP contribution in [0.15, 0.2) is 66.7 Å². The molecule has 0 aliphatic rings. The van der Waals surface area contributed by atoms with Crippen LogP contribution >= 0.6 is 23.6 Å². The van der Waals surface area contributed by atoms with Crippen molar-refractivity contribution in [3.05, 3.63) is 82.4 Å². The fraction of sp³-hybridized carbons (Fsp3) is 0.0455. The summed E-state index contributed by atoms with van der Waals surface area (Å²) in [6.45, 7) is 0. The van der Waals surface area contributed by atoms with Crippen molar-refractivity contribution < 1.29 is 14.5 Å². The van der Waals surface area contributed by atoms with Crippen molar-refractivity contribution in [1.82, 2.24) is 10.3 Å². The molecule has 160 valence electrons. The van der Waals surface area contributed by atoms with E-state index in [4.69, 9.17) is 17.0 Å². The summed E-state index contributed by atoms with van der Waals surface area (Å²) >= 11 is 6.84. The van der Waals surface area contributed by atoms with Crippen LogP contribution < -0.4 is 15.4 Å². The van der Waals surface area contributed by atoms with Gasteiger partial charge in [0.15, 0.2) is 5.11 Å². The van der Waals surface area contributed by atoms with Crippen LogP contribution in [0.25, 0.3) is 20.8 Å². The number of nitrogens with one attached hydrogen (secondary N) is 2. The minimum atomic E-state index is -0.564. The number of thiazole rings is 1. The number of anilines is 1. The molecule has 0 atom stereocenters. The average molecular weight is 465 g/mol. The van der Waals surface area contributed by atoms with Crippen molar-refractivity contribution in [2.75, 3.05) is 12.4 Å². The Bertz CT molecular complexity index is 1320. The first-order valence-corrected chi connectivity index (χ1v) is 10.6. The van der Waals surface area contributed by atoms with Gasteiger partial charge < -0.3 is 10.1 Å². The normalized spacial score (nSPS) is 10.5. The number of nitro groups is 1. The van der Waals surface area contributed by atoms with Gasteiger partial charge in [0.05, 0.1) is 27.9 Å². The number of benzene rings is 3. The number of nitrogens with zero attached hydrogens (tertiary/aromatic N) is 2. The van der Waals surface area contributed by atoms with E-state index < -0.39 is 10.8 Å². The third-order valence-corrected chi connectivity index (χ3v) is 5.82. The Kier molecular flexibility index (Phi) is 6.06. The summed E-state index contributed by atoms with van der Waals surface area (Å²) in [5.74, 6) is -0.0331. The van der Waals surface area contributed by atoms with Crippen LogP contribution in [0.5, 0.6) is 5.75 Å². The lowest BCUT2D eigenvalue weighted by molar-refractivity contribution is -0.384. The topological polar surface area (TPSA) is 106 Å². The van der Waals surface area contributed by atoms with Crippen molar-refractivity contribution in [3.63, 3.8) is 0 Å². The molecule has 0 aliphatic carbocycles. The molecule has 1 amide bonds. The summed E-state index contributed by atoms with van der Waals surface area (Å²) in [4.78, 5) is 27.5. The van der Waals surface area contributed by atoms with E-state index >= 15 is 0 Å². The third-order valence-electron chi connectivity index (χ3n) is 4.53. The largest absolute Gasteiger partial charge is 0.495 e. The van der Waals surface area contributed by atoms with Crippen LogP contribution in [0.2, 0.25) is 0 Å². The van der Waals surface area contributed by atoms with E-state index in [9.17, 15) is 14.9 Å². The second-order valence-corrected chi connectivity index (χ2v) is 8.06. The highest BCUT2D eigenvalue weighted by molar-refractivity contribution is 7.80. The molecule has 0 saturated carbocycles. The van der Waals surface area contributed by atoms with Crippen LogP contribution in [0.4, 0.5) is 11.4 Å². The maximum Gasteiger partial charge on any atom is 0.270 e. The Morgan fingerprint density at radius 2 is 1.94 bits per heavy atom. The molecular formula is C22H16N4O4S2. The van der Waals surface area contributed by atoms with Gasteiger partial charge in [0.25, 0.3) is 11.6 Å². The second-order valence-electron chi connectivity index (χ2n) is 6.62. The first kappa shape index (κ1) is 21.3. The number of aromatic nitrogens is 1. The molecule has 32 heavy (non-hydrogen) atoms. The van der Waals surface area contributed by atoms with Gasteiger partial charge in [-0.15, -0.1) is 11.3 Å². The SMILES string of the molecule is COc1ccc(-c2nc3ccccc3s2)cc1NC(=S)NC(=O)c1cccc([N+](=O)[O-])c1. The molecule has 2 N–H and O–H groups in total. The van der Waals surface area contributed by atoms with Gasteiger partial charge >= 0.3 is 0 Å². The van der Waals surface area contributed by atoms with Crippen molar-refractivity contribution in [3.8, 4) is 16.3 Å². The van der Waals surface area contributed by atoms with E-state index in [1.165, 1.54) is 31.4 Å². The predicted molar refractivity (Wildman–Crippen MR) is 128 cm³/mol. The molecule has 0 bridgehead atoms. The van der Waals surface area contributed by atoms with E-state index in [-0.39, 0.29) is 16.4 Å². The molecule has 3 aromatic carbocycles. The van der Waals surface area contributed by atoms with E-state index in [1.807, 2.05) is 36.4 Å². The summed E-state index contributed by atoms with van der Waals surface area (Å²) in [5, 5.41) is 17.3. The van der Waals surface area contributed by atoms with Crippen molar-refractivity contribution >= 4 is 56.2 Å². The summed E-state index contributed by atoms with van der Waals surface area (Å²) < 4.78 is 6.48. The smallest absolute Gasteiger partial charge is 0.270 e. The highest BCUT2D eigenvalue weighted by Crippen LogP contribution is 2.34. The summed E-state index contributed by atoms with van der Waals surface area (Å²) in [7, 11) is 1.53. The molecule has 0 saturated heterocycles. The molecule has 0 unspecified atom stereocenters. The fourth-order valence-electron chi connectivity index (χ4n) is 3.02.